The summed E-state index contributed by atoms with van der Waals surface area (Å²) in [5.41, 5.74) is 16.5. The molecule has 10 atom stereocenters. The lowest BCUT2D eigenvalue weighted by molar-refractivity contribution is -0.346. The van der Waals surface area contributed by atoms with Gasteiger partial charge in [0.1, 0.15) is 48.8 Å². The van der Waals surface area contributed by atoms with Crippen LogP contribution in [0.4, 0.5) is 0 Å². The second-order valence-corrected chi connectivity index (χ2v) is 12.3. The van der Waals surface area contributed by atoms with Crippen LogP contribution in [0.1, 0.15) is 19.8 Å². The van der Waals surface area contributed by atoms with Gasteiger partial charge in [-0.15, -0.1) is 0 Å². The molecule has 3 heterocycles. The lowest BCUT2D eigenvalue weighted by Gasteiger charge is -2.46. The van der Waals surface area contributed by atoms with E-state index in [0.29, 0.717) is 84.8 Å². The molecule has 0 aromatic heterocycles. The first-order chi connectivity index (χ1) is 26.9. The third-order valence-corrected chi connectivity index (χ3v) is 8.26. The number of hydrogen-bond donors (Lipinski definition) is 4. The van der Waals surface area contributed by atoms with Crippen LogP contribution in [0.25, 0.3) is 20.9 Å². The zero-order valence-electron chi connectivity index (χ0n) is 31.2. The molecule has 23 nitrogen and oxygen atoms in total. The van der Waals surface area contributed by atoms with E-state index in [-0.39, 0.29) is 46.1 Å². The third-order valence-electron chi connectivity index (χ3n) is 8.26. The number of nitrogens with zero attached hydrogens (tertiary/aromatic N) is 7. The molecule has 316 valence electrons. The monoisotopic (exact) mass is 795 g/mol. The van der Waals surface area contributed by atoms with Crippen molar-refractivity contribution in [2.24, 2.45) is 15.2 Å². The molecule has 4 unspecified atom stereocenters. The molecule has 4 N–H and O–H groups in total. The molecule has 55 heavy (non-hydrogen) atoms. The van der Waals surface area contributed by atoms with Gasteiger partial charge in [0.05, 0.1) is 79.3 Å². The summed E-state index contributed by atoms with van der Waals surface area (Å²) in [6.45, 7) is 6.11. The van der Waals surface area contributed by atoms with Gasteiger partial charge in [-0.05, 0) is 23.9 Å². The van der Waals surface area contributed by atoms with Gasteiger partial charge in [0.2, 0.25) is 6.29 Å². The van der Waals surface area contributed by atoms with E-state index in [2.05, 4.69) is 25.0 Å². The molecule has 2 fully saturated rings. The smallest absolute Gasteiger partial charge is 0.227 e. The fourth-order valence-electron chi connectivity index (χ4n) is 5.60. The third kappa shape index (κ3) is 17.7. The van der Waals surface area contributed by atoms with E-state index in [1.54, 1.807) is 6.92 Å². The van der Waals surface area contributed by atoms with Crippen molar-refractivity contribution in [2.45, 2.75) is 81.1 Å². The van der Waals surface area contributed by atoms with Crippen LogP contribution in [0.5, 0.6) is 0 Å². The van der Waals surface area contributed by atoms with Gasteiger partial charge >= 0.3 is 0 Å². The fraction of sp³-hybridized carbons (Fsp3) is 0.969. The van der Waals surface area contributed by atoms with Gasteiger partial charge < -0.3 is 77.3 Å². The maximum absolute atomic E-state index is 11.3. The number of fused-ring (bicyclic) bond motifs is 1. The van der Waals surface area contributed by atoms with E-state index in [1.165, 1.54) is 0 Å². The van der Waals surface area contributed by atoms with Crippen LogP contribution in [0.2, 0.25) is 0 Å². The summed E-state index contributed by atoms with van der Waals surface area (Å²) in [6, 6.07) is -0.821. The van der Waals surface area contributed by atoms with E-state index >= 15 is 0 Å². The van der Waals surface area contributed by atoms with Crippen LogP contribution in [-0.4, -0.2) is 206 Å². The van der Waals surface area contributed by atoms with Crippen molar-refractivity contribution in [3.8, 4) is 0 Å². The first kappa shape index (κ1) is 46.9. The molecule has 0 aromatic rings. The molecule has 3 rings (SSSR count). The van der Waals surface area contributed by atoms with Gasteiger partial charge in [0.25, 0.3) is 0 Å². The maximum Gasteiger partial charge on any atom is 0.227 e. The molecule has 23 heteroatoms. The zero-order chi connectivity index (χ0) is 39.5. The first-order valence-corrected chi connectivity index (χ1v) is 18.4. The summed E-state index contributed by atoms with van der Waals surface area (Å²) in [4.78, 5) is 9.56. The molecule has 3 aliphatic heterocycles. The highest BCUT2D eigenvalue weighted by atomic mass is 16.7. The zero-order valence-corrected chi connectivity index (χ0v) is 31.2. The Kier molecular flexibility index (Phi) is 24.6. The summed E-state index contributed by atoms with van der Waals surface area (Å²) in [5.74, 6) is 0.313. The number of aliphatic hydroxyl groups is 4. The Balaban J connectivity index is 1.41. The Labute approximate surface area is 319 Å². The van der Waals surface area contributed by atoms with Gasteiger partial charge in [-0.1, -0.05) is 10.2 Å². The Bertz CT molecular complexity index is 1150. The normalized spacial score (nSPS) is 28.9. The molecular weight excluding hydrogens is 738 g/mol. The minimum atomic E-state index is -1.52. The quantitative estimate of drug-likeness (QED) is 0.0292. The number of rotatable bonds is 32. The molecular formula is C32H57N7O16. The molecule has 0 radical (unpaired) electrons. The predicted molar refractivity (Wildman–Crippen MR) is 188 cm³/mol. The number of aliphatic hydroxyl groups excluding tert-OH is 4. The average molecular weight is 796 g/mol. The minimum Gasteiger partial charge on any atom is -0.450 e. The largest absolute Gasteiger partial charge is 0.450 e. The molecule has 2 saturated heterocycles. The van der Waals surface area contributed by atoms with Crippen molar-refractivity contribution in [1.82, 2.24) is 0 Å². The van der Waals surface area contributed by atoms with Crippen molar-refractivity contribution in [1.29, 1.82) is 0 Å². The highest BCUT2D eigenvalue weighted by Crippen LogP contribution is 2.33. The van der Waals surface area contributed by atoms with Crippen molar-refractivity contribution >= 4 is 5.90 Å². The van der Waals surface area contributed by atoms with Crippen LogP contribution in [0.15, 0.2) is 15.2 Å². The van der Waals surface area contributed by atoms with Crippen LogP contribution in [-0.2, 0) is 56.8 Å². The van der Waals surface area contributed by atoms with Crippen LogP contribution in [0.3, 0.4) is 0 Å². The molecule has 3 aliphatic rings. The SMILES string of the molecule is CC1=NC2[C@@H](O1)OC(CO)[C@@H](O[C@@H]1OC(COCCOCCCOCCOCCN=[N+]=[N-])[C@@H](O)[C@H](OCCOCCCOCCOCCN=[N+]=[N-])C1O)[C@@H]2O. The van der Waals surface area contributed by atoms with Crippen molar-refractivity contribution in [3.63, 3.8) is 0 Å². The lowest BCUT2D eigenvalue weighted by Crippen LogP contribution is -2.64. The topological polar surface area (TPSA) is 302 Å². The fourth-order valence-corrected chi connectivity index (χ4v) is 5.60. The average Bonchev–Trinajstić information content (AvgIpc) is 3.57. The predicted octanol–water partition coefficient (Wildman–Crippen LogP) is -0.384. The molecule has 0 bridgehead atoms. The molecule has 0 aromatic carbocycles. The van der Waals surface area contributed by atoms with Crippen LogP contribution in [0, 0.1) is 0 Å². The molecule has 0 spiro atoms. The second-order valence-electron chi connectivity index (χ2n) is 12.3. The Hall–Kier alpha value is -2.51. The number of aliphatic imine (C=N–C) groups is 1. The number of hydrogen-bond acceptors (Lipinski definition) is 19. The Morgan fingerprint density at radius 2 is 1.16 bits per heavy atom. The standard InChI is InChI=1S/C32H57N7O16/c1-22-37-25-27(42)29(23(20-40)53-31(25)52-22)55-32-28(43)30(51-19-18-47-9-3-7-45-13-15-49-11-5-36-39-34)26(41)24(54-32)21-50-17-16-46-8-2-6-44-12-14-48-10-4-35-38-33/h23-32,40-43H,2-21H2,1H3/t23?,24?,25?,26-,27-,28?,29-,30+,31+,32+/m1/s1. The van der Waals surface area contributed by atoms with Gasteiger partial charge in [-0.2, -0.15) is 0 Å². The number of ether oxygens (including phenoxy) is 12. The van der Waals surface area contributed by atoms with Crippen LogP contribution >= 0.6 is 0 Å². The van der Waals surface area contributed by atoms with E-state index in [9.17, 15) is 20.4 Å². The molecule has 0 aliphatic carbocycles. The maximum atomic E-state index is 11.3. The highest BCUT2D eigenvalue weighted by Gasteiger charge is 2.53. The van der Waals surface area contributed by atoms with Crippen molar-refractivity contribution in [2.75, 3.05) is 119 Å². The highest BCUT2D eigenvalue weighted by molar-refractivity contribution is 5.75. The summed E-state index contributed by atoms with van der Waals surface area (Å²) in [6.07, 6.45) is -9.60. The molecule has 0 saturated carbocycles. The summed E-state index contributed by atoms with van der Waals surface area (Å²) >= 11 is 0. The Morgan fingerprint density at radius 1 is 0.636 bits per heavy atom. The second kappa shape index (κ2) is 28.8. The van der Waals surface area contributed by atoms with E-state index in [1.807, 2.05) is 0 Å². The number of azide groups is 2. The van der Waals surface area contributed by atoms with Crippen molar-refractivity contribution in [3.05, 3.63) is 20.9 Å². The first-order valence-electron chi connectivity index (χ1n) is 18.4. The Morgan fingerprint density at radius 3 is 1.71 bits per heavy atom. The van der Waals surface area contributed by atoms with Crippen molar-refractivity contribution < 1.29 is 77.3 Å². The lowest BCUT2D eigenvalue weighted by atomic mass is 9.96. The molecule has 0 amide bonds. The summed E-state index contributed by atoms with van der Waals surface area (Å²) in [5, 5.41) is 50.4. The minimum absolute atomic E-state index is 0.0183. The van der Waals surface area contributed by atoms with Gasteiger partial charge in [-0.3, -0.25) is 0 Å². The van der Waals surface area contributed by atoms with E-state index in [4.69, 9.17) is 67.9 Å². The summed E-state index contributed by atoms with van der Waals surface area (Å²) in [7, 11) is 0. The van der Waals surface area contributed by atoms with Gasteiger partial charge in [0.15, 0.2) is 12.2 Å². The van der Waals surface area contributed by atoms with Crippen LogP contribution < -0.4 is 0 Å². The van der Waals surface area contributed by atoms with Gasteiger partial charge in [0, 0.05) is 56.3 Å². The van der Waals surface area contributed by atoms with E-state index < -0.39 is 68.0 Å². The summed E-state index contributed by atoms with van der Waals surface area (Å²) < 4.78 is 67.6. The van der Waals surface area contributed by atoms with Gasteiger partial charge in [-0.25, -0.2) is 4.99 Å². The van der Waals surface area contributed by atoms with E-state index in [0.717, 1.165) is 0 Å².